The van der Waals surface area contributed by atoms with Gasteiger partial charge in [-0.1, -0.05) is 12.1 Å². The van der Waals surface area contributed by atoms with Crippen LogP contribution in [0, 0.1) is 0 Å². The lowest BCUT2D eigenvalue weighted by molar-refractivity contribution is 0.282. The first kappa shape index (κ1) is 17.8. The van der Waals surface area contributed by atoms with Crippen LogP contribution in [0.3, 0.4) is 0 Å². The second-order valence-electron chi connectivity index (χ2n) is 6.61. The Morgan fingerprint density at radius 1 is 1.22 bits per heavy atom. The predicted molar refractivity (Wildman–Crippen MR) is 100 cm³/mol. The van der Waals surface area contributed by atoms with E-state index < -0.39 is 5.54 Å². The molecule has 0 atom stereocenters. The molecule has 4 N–H and O–H groups in total. The highest BCUT2D eigenvalue weighted by Crippen LogP contribution is 2.41. The van der Waals surface area contributed by atoms with Gasteiger partial charge in [-0.3, -0.25) is 0 Å². The molecule has 0 fully saturated rings. The molecule has 0 spiro atoms. The minimum absolute atomic E-state index is 0.444. The van der Waals surface area contributed by atoms with Crippen LogP contribution in [0.15, 0.2) is 30.3 Å². The van der Waals surface area contributed by atoms with E-state index in [4.69, 9.17) is 16.2 Å². The molecular weight excluding hydrogens is 306 g/mol. The zero-order chi connectivity index (χ0) is 17.0. The molecule has 23 heavy (non-hydrogen) atoms. The lowest BCUT2D eigenvalue weighted by Gasteiger charge is -2.17. The van der Waals surface area contributed by atoms with Crippen molar-refractivity contribution in [1.29, 1.82) is 0 Å². The molecule has 0 amide bonds. The van der Waals surface area contributed by atoms with E-state index in [1.165, 1.54) is 0 Å². The molecule has 0 radical (unpaired) electrons. The highest BCUT2D eigenvalue weighted by atomic mass is 32.1. The average molecular weight is 334 g/mol. The van der Waals surface area contributed by atoms with Crippen LogP contribution < -0.4 is 16.2 Å². The maximum atomic E-state index is 6.20. The fraction of sp³-hybridized carbons (Fsp3) is 0.444. The van der Waals surface area contributed by atoms with Gasteiger partial charge in [0.05, 0.1) is 11.6 Å². The molecule has 0 aliphatic carbocycles. The molecule has 5 heteroatoms. The van der Waals surface area contributed by atoms with Gasteiger partial charge in [0.2, 0.25) is 0 Å². The Morgan fingerprint density at radius 2 is 1.91 bits per heavy atom. The highest BCUT2D eigenvalue weighted by molar-refractivity contribution is 7.19. The Labute approximate surface area is 143 Å². The molecule has 1 aromatic heterocycles. The van der Waals surface area contributed by atoms with Crippen LogP contribution in [0.25, 0.3) is 10.4 Å². The van der Waals surface area contributed by atoms with Gasteiger partial charge in [-0.05, 0) is 52.6 Å². The largest absolute Gasteiger partial charge is 0.493 e. The molecule has 1 aromatic carbocycles. The van der Waals surface area contributed by atoms with Crippen LogP contribution in [-0.2, 0) is 5.54 Å². The van der Waals surface area contributed by atoms with Crippen molar-refractivity contribution in [1.82, 2.24) is 4.90 Å². The Bertz CT molecular complexity index is 644. The Kier molecular flexibility index (Phi) is 5.68. The van der Waals surface area contributed by atoms with E-state index in [1.807, 2.05) is 32.0 Å². The molecule has 126 valence electrons. The number of rotatable bonds is 7. The number of nitrogens with zero attached hydrogens (tertiary/aromatic N) is 1. The van der Waals surface area contributed by atoms with E-state index in [-0.39, 0.29) is 0 Å². The summed E-state index contributed by atoms with van der Waals surface area (Å²) in [5, 5.41) is 0.773. The van der Waals surface area contributed by atoms with Crippen LogP contribution in [-0.4, -0.2) is 32.1 Å². The number of hydrogen-bond acceptors (Lipinski definition) is 5. The van der Waals surface area contributed by atoms with Gasteiger partial charge in [0, 0.05) is 28.1 Å². The molecule has 0 saturated carbocycles. The lowest BCUT2D eigenvalue weighted by Crippen LogP contribution is -2.28. The molecule has 0 saturated heterocycles. The van der Waals surface area contributed by atoms with Crippen LogP contribution in [0.5, 0.6) is 5.75 Å². The maximum Gasteiger partial charge on any atom is 0.127 e. The Morgan fingerprint density at radius 3 is 2.52 bits per heavy atom. The first-order chi connectivity index (χ1) is 10.8. The first-order valence-corrected chi connectivity index (χ1v) is 8.66. The van der Waals surface area contributed by atoms with Crippen molar-refractivity contribution >= 4 is 16.3 Å². The van der Waals surface area contributed by atoms with Crippen molar-refractivity contribution in [3.05, 3.63) is 35.9 Å². The molecular formula is C18H27N3OS. The first-order valence-electron chi connectivity index (χ1n) is 7.84. The Hall–Kier alpha value is -1.56. The number of thiophene rings is 1. The highest BCUT2D eigenvalue weighted by Gasteiger charge is 2.21. The van der Waals surface area contributed by atoms with Gasteiger partial charge >= 0.3 is 0 Å². The molecule has 2 rings (SSSR count). The van der Waals surface area contributed by atoms with Gasteiger partial charge in [-0.2, -0.15) is 0 Å². The third-order valence-electron chi connectivity index (χ3n) is 3.61. The van der Waals surface area contributed by atoms with Crippen molar-refractivity contribution in [2.24, 2.45) is 5.73 Å². The lowest BCUT2D eigenvalue weighted by atomic mass is 9.97. The minimum Gasteiger partial charge on any atom is -0.493 e. The number of anilines is 1. The summed E-state index contributed by atoms with van der Waals surface area (Å²) in [5.74, 6) is 0.897. The topological polar surface area (TPSA) is 64.5 Å². The average Bonchev–Trinajstić information content (AvgIpc) is 2.86. The van der Waals surface area contributed by atoms with Gasteiger partial charge in [-0.15, -0.1) is 11.3 Å². The smallest absolute Gasteiger partial charge is 0.127 e. The number of para-hydroxylation sites is 1. The monoisotopic (exact) mass is 333 g/mol. The second-order valence-corrected chi connectivity index (χ2v) is 7.70. The van der Waals surface area contributed by atoms with Crippen molar-refractivity contribution in [2.45, 2.75) is 25.8 Å². The second kappa shape index (κ2) is 7.34. The minimum atomic E-state index is -0.444. The number of nitrogens with two attached hydrogens (primary N) is 2. The van der Waals surface area contributed by atoms with Gasteiger partial charge in [-0.25, -0.2) is 0 Å². The van der Waals surface area contributed by atoms with Crippen LogP contribution in [0.1, 0.15) is 25.8 Å². The molecule has 0 bridgehead atoms. The summed E-state index contributed by atoms with van der Waals surface area (Å²) in [5.41, 5.74) is 14.0. The van der Waals surface area contributed by atoms with Crippen molar-refractivity contribution < 1.29 is 4.74 Å². The Balaban J connectivity index is 2.20. The fourth-order valence-corrected chi connectivity index (χ4v) is 3.52. The third-order valence-corrected chi connectivity index (χ3v) is 4.61. The number of hydrogen-bond donors (Lipinski definition) is 2. The van der Waals surface area contributed by atoms with E-state index in [0.29, 0.717) is 6.61 Å². The molecule has 0 unspecified atom stereocenters. The molecule has 0 aliphatic heterocycles. The summed E-state index contributed by atoms with van der Waals surface area (Å²) >= 11 is 1.56. The van der Waals surface area contributed by atoms with Crippen LogP contribution in [0.4, 0.5) is 5.00 Å². The zero-order valence-electron chi connectivity index (χ0n) is 14.4. The van der Waals surface area contributed by atoms with Crippen molar-refractivity contribution in [3.8, 4) is 16.2 Å². The van der Waals surface area contributed by atoms with Gasteiger partial charge in [0.25, 0.3) is 0 Å². The van der Waals surface area contributed by atoms with E-state index in [0.717, 1.165) is 39.7 Å². The quantitative estimate of drug-likeness (QED) is 0.761. The zero-order valence-corrected chi connectivity index (χ0v) is 15.2. The van der Waals surface area contributed by atoms with Crippen molar-refractivity contribution in [2.75, 3.05) is 33.0 Å². The van der Waals surface area contributed by atoms with Crippen LogP contribution in [0.2, 0.25) is 0 Å². The summed E-state index contributed by atoms with van der Waals surface area (Å²) in [6, 6.07) is 10.2. The fourth-order valence-electron chi connectivity index (χ4n) is 2.40. The van der Waals surface area contributed by atoms with E-state index >= 15 is 0 Å². The number of benzene rings is 1. The number of ether oxygens (including phenoxy) is 1. The van der Waals surface area contributed by atoms with E-state index in [2.05, 4.69) is 31.1 Å². The van der Waals surface area contributed by atoms with E-state index in [1.54, 1.807) is 11.3 Å². The van der Waals surface area contributed by atoms with E-state index in [9.17, 15) is 0 Å². The van der Waals surface area contributed by atoms with Crippen LogP contribution >= 0.6 is 11.3 Å². The molecule has 0 aliphatic rings. The van der Waals surface area contributed by atoms with Gasteiger partial charge < -0.3 is 21.1 Å². The summed E-state index contributed by atoms with van der Waals surface area (Å²) in [6.07, 6.45) is 0.995. The summed E-state index contributed by atoms with van der Waals surface area (Å²) in [7, 11) is 4.14. The SMILES string of the molecule is CN(C)CCCOc1ccccc1-c1cc(C(C)(C)N)c(N)s1. The number of nitrogen functional groups attached to an aromatic ring is 1. The normalized spacial score (nSPS) is 11.9. The van der Waals surface area contributed by atoms with Crippen molar-refractivity contribution in [3.63, 3.8) is 0 Å². The van der Waals surface area contributed by atoms with Gasteiger partial charge in [0.1, 0.15) is 5.75 Å². The standard InChI is InChI=1S/C18H27N3OS/c1-18(2,20)14-12-16(23-17(14)19)13-8-5-6-9-15(13)22-11-7-10-21(3)4/h5-6,8-9,12H,7,10-11,19-20H2,1-4H3. The predicted octanol–water partition coefficient (Wildman–Crippen LogP) is 3.52. The summed E-state index contributed by atoms with van der Waals surface area (Å²) < 4.78 is 5.98. The maximum absolute atomic E-state index is 6.20. The molecule has 2 aromatic rings. The summed E-state index contributed by atoms with van der Waals surface area (Å²) in [6.45, 7) is 5.66. The third kappa shape index (κ3) is 4.70. The molecule has 4 nitrogen and oxygen atoms in total. The molecule has 1 heterocycles. The summed E-state index contributed by atoms with van der Waals surface area (Å²) in [4.78, 5) is 3.25. The van der Waals surface area contributed by atoms with Gasteiger partial charge in [0.15, 0.2) is 0 Å².